The molecule has 140 valence electrons. The Labute approximate surface area is 164 Å². The van der Waals surface area contributed by atoms with Crippen molar-refractivity contribution in [3.8, 4) is 0 Å². The third kappa shape index (κ3) is 5.76. The van der Waals surface area contributed by atoms with E-state index in [1.165, 1.54) is 41.3 Å². The number of carbonyl (C=O) groups excluding carboxylic acids is 1. The molecule has 0 aliphatic carbocycles. The van der Waals surface area contributed by atoms with Gasteiger partial charge in [-0.3, -0.25) is 4.79 Å². The molecule has 3 aromatic rings. The maximum atomic E-state index is 12.1. The van der Waals surface area contributed by atoms with Crippen LogP contribution in [0.25, 0.3) is 0 Å². The van der Waals surface area contributed by atoms with Gasteiger partial charge < -0.3 is 10.6 Å². The number of nitrogens with two attached hydrogens (primary N) is 1. The van der Waals surface area contributed by atoms with E-state index >= 15 is 0 Å². The fraction of sp³-hybridized carbons (Fsp3) is 0.0625. The molecule has 0 unspecified atom stereocenters. The molecule has 0 saturated heterocycles. The summed E-state index contributed by atoms with van der Waals surface area (Å²) in [5.41, 5.74) is 1.26. The van der Waals surface area contributed by atoms with Crippen LogP contribution in [0.1, 0.15) is 0 Å². The summed E-state index contributed by atoms with van der Waals surface area (Å²) in [4.78, 5) is 12.0. The number of nitrogens with one attached hydrogen (secondary N) is 2. The Balaban J connectivity index is 1.54. The smallest absolute Gasteiger partial charge is 0.238 e. The number of carbonyl (C=O) groups is 1. The second-order valence-electron chi connectivity index (χ2n) is 5.27. The average Bonchev–Trinajstić information content (AvgIpc) is 3.08. The maximum Gasteiger partial charge on any atom is 0.238 e. The minimum absolute atomic E-state index is 0.0614. The first-order valence-electron chi connectivity index (χ1n) is 7.61. The lowest BCUT2D eigenvalue weighted by atomic mass is 10.3. The Bertz CT molecular complexity index is 1040. The number of amides is 1. The summed E-state index contributed by atoms with van der Waals surface area (Å²) in [7, 11) is -3.82. The minimum atomic E-state index is -3.82. The third-order valence-corrected chi connectivity index (χ3v) is 6.09. The Kier molecular flexibility index (Phi) is 6.06. The van der Waals surface area contributed by atoms with Crippen molar-refractivity contribution in [1.29, 1.82) is 0 Å². The molecule has 0 atom stereocenters. The summed E-state index contributed by atoms with van der Waals surface area (Å²) < 4.78 is 23.4. The van der Waals surface area contributed by atoms with Gasteiger partial charge in [0.05, 0.1) is 10.6 Å². The number of primary sulfonamides is 1. The van der Waals surface area contributed by atoms with E-state index in [1.807, 2.05) is 30.3 Å². The molecule has 8 nitrogen and oxygen atoms in total. The number of benzene rings is 2. The molecule has 0 bridgehead atoms. The molecule has 11 heteroatoms. The van der Waals surface area contributed by atoms with Gasteiger partial charge in [0.1, 0.15) is 0 Å². The Hall–Kier alpha value is -2.47. The van der Waals surface area contributed by atoms with Gasteiger partial charge in [-0.2, -0.15) is 0 Å². The van der Waals surface area contributed by atoms with E-state index in [0.717, 1.165) is 5.69 Å². The van der Waals surface area contributed by atoms with Crippen LogP contribution in [-0.2, 0) is 14.8 Å². The lowest BCUT2D eigenvalue weighted by molar-refractivity contribution is -0.113. The molecule has 1 amide bonds. The van der Waals surface area contributed by atoms with Gasteiger partial charge in [-0.05, 0) is 30.3 Å². The van der Waals surface area contributed by atoms with Crippen LogP contribution < -0.4 is 15.8 Å². The third-order valence-electron chi connectivity index (χ3n) is 3.20. The molecule has 1 heterocycles. The van der Waals surface area contributed by atoms with Gasteiger partial charge in [0.15, 0.2) is 4.34 Å². The molecule has 0 saturated carbocycles. The summed E-state index contributed by atoms with van der Waals surface area (Å²) in [6.07, 6.45) is 0. The highest BCUT2D eigenvalue weighted by Gasteiger charge is 2.11. The van der Waals surface area contributed by atoms with Crippen molar-refractivity contribution in [3.63, 3.8) is 0 Å². The number of nitrogens with zero attached hydrogens (tertiary/aromatic N) is 2. The van der Waals surface area contributed by atoms with Crippen molar-refractivity contribution in [3.05, 3.63) is 54.6 Å². The number of para-hydroxylation sites is 1. The Morgan fingerprint density at radius 3 is 2.56 bits per heavy atom. The molecule has 27 heavy (non-hydrogen) atoms. The molecule has 4 N–H and O–H groups in total. The number of hydrogen-bond donors (Lipinski definition) is 3. The molecule has 0 fully saturated rings. The van der Waals surface area contributed by atoms with E-state index < -0.39 is 10.0 Å². The van der Waals surface area contributed by atoms with Crippen molar-refractivity contribution < 1.29 is 13.2 Å². The first-order valence-corrected chi connectivity index (χ1v) is 11.0. The van der Waals surface area contributed by atoms with Gasteiger partial charge in [-0.1, -0.05) is 47.4 Å². The van der Waals surface area contributed by atoms with E-state index in [1.54, 1.807) is 6.07 Å². The maximum absolute atomic E-state index is 12.1. The monoisotopic (exact) mass is 421 g/mol. The summed E-state index contributed by atoms with van der Waals surface area (Å²) in [5.74, 6) is -0.182. The standard InChI is InChI=1S/C16H15N5O3S3/c17-27(23,24)13-8-4-7-12(9-13)18-14(22)10-25-16-21-20-15(26-16)19-11-5-2-1-3-6-11/h1-9H,10H2,(H,18,22)(H,19,20)(H2,17,23,24). The number of aromatic nitrogens is 2. The van der Waals surface area contributed by atoms with Crippen LogP contribution in [0.15, 0.2) is 63.8 Å². The van der Waals surface area contributed by atoms with Crippen LogP contribution in [-0.4, -0.2) is 30.3 Å². The summed E-state index contributed by atoms with van der Waals surface area (Å²) in [6.45, 7) is 0. The van der Waals surface area contributed by atoms with Gasteiger partial charge in [-0.15, -0.1) is 10.2 Å². The number of sulfonamides is 1. The first-order chi connectivity index (χ1) is 12.9. The van der Waals surface area contributed by atoms with Crippen LogP contribution in [0.3, 0.4) is 0 Å². The predicted octanol–water partition coefficient (Wildman–Crippen LogP) is 2.66. The lowest BCUT2D eigenvalue weighted by Gasteiger charge is -2.05. The quantitative estimate of drug-likeness (QED) is 0.500. The molecular weight excluding hydrogens is 406 g/mol. The van der Waals surface area contributed by atoms with E-state index in [9.17, 15) is 13.2 Å². The van der Waals surface area contributed by atoms with Crippen molar-refractivity contribution in [2.24, 2.45) is 5.14 Å². The van der Waals surface area contributed by atoms with E-state index in [4.69, 9.17) is 5.14 Å². The zero-order valence-electron chi connectivity index (χ0n) is 13.8. The Morgan fingerprint density at radius 2 is 1.81 bits per heavy atom. The molecular formula is C16H15N5O3S3. The largest absolute Gasteiger partial charge is 0.330 e. The fourth-order valence-corrected chi connectivity index (χ4v) is 4.17. The molecule has 0 radical (unpaired) electrons. The fourth-order valence-electron chi connectivity index (χ4n) is 2.04. The number of thioether (sulfide) groups is 1. The zero-order valence-corrected chi connectivity index (χ0v) is 16.3. The average molecular weight is 422 g/mol. The molecule has 3 rings (SSSR count). The number of anilines is 3. The lowest BCUT2D eigenvalue weighted by Crippen LogP contribution is -2.16. The van der Waals surface area contributed by atoms with Crippen LogP contribution in [0.4, 0.5) is 16.5 Å². The molecule has 0 aliphatic heterocycles. The second kappa shape index (κ2) is 8.48. The van der Waals surface area contributed by atoms with Gasteiger partial charge in [-0.25, -0.2) is 13.6 Å². The summed E-state index contributed by atoms with van der Waals surface area (Å²) in [5, 5.41) is 19.5. The van der Waals surface area contributed by atoms with Gasteiger partial charge >= 0.3 is 0 Å². The molecule has 1 aromatic heterocycles. The SMILES string of the molecule is NS(=O)(=O)c1cccc(NC(=O)CSc2nnc(Nc3ccccc3)s2)c1. The number of rotatable bonds is 7. The van der Waals surface area contributed by atoms with Crippen molar-refractivity contribution in [2.45, 2.75) is 9.24 Å². The highest BCUT2D eigenvalue weighted by Crippen LogP contribution is 2.27. The van der Waals surface area contributed by atoms with E-state index in [0.29, 0.717) is 15.2 Å². The van der Waals surface area contributed by atoms with Gasteiger partial charge in [0, 0.05) is 11.4 Å². The molecule has 0 spiro atoms. The summed E-state index contributed by atoms with van der Waals surface area (Å²) in [6, 6.07) is 15.3. The van der Waals surface area contributed by atoms with Crippen LogP contribution in [0.2, 0.25) is 0 Å². The van der Waals surface area contributed by atoms with Crippen LogP contribution >= 0.6 is 23.1 Å². The summed E-state index contributed by atoms with van der Waals surface area (Å²) >= 11 is 2.57. The van der Waals surface area contributed by atoms with E-state index in [2.05, 4.69) is 20.8 Å². The van der Waals surface area contributed by atoms with Crippen molar-refractivity contribution in [1.82, 2.24) is 10.2 Å². The van der Waals surface area contributed by atoms with Crippen LogP contribution in [0, 0.1) is 0 Å². The van der Waals surface area contributed by atoms with Crippen molar-refractivity contribution in [2.75, 3.05) is 16.4 Å². The first kappa shape index (κ1) is 19.3. The second-order valence-corrected chi connectivity index (χ2v) is 9.04. The molecule has 0 aliphatic rings. The minimum Gasteiger partial charge on any atom is -0.330 e. The predicted molar refractivity (Wildman–Crippen MR) is 107 cm³/mol. The van der Waals surface area contributed by atoms with Gasteiger partial charge in [0.25, 0.3) is 0 Å². The molecule has 2 aromatic carbocycles. The zero-order chi connectivity index (χ0) is 19.3. The Morgan fingerprint density at radius 1 is 1.07 bits per heavy atom. The highest BCUT2D eigenvalue weighted by atomic mass is 32.2. The number of hydrogen-bond acceptors (Lipinski definition) is 8. The topological polar surface area (TPSA) is 127 Å². The van der Waals surface area contributed by atoms with E-state index in [-0.39, 0.29) is 16.6 Å². The highest BCUT2D eigenvalue weighted by molar-refractivity contribution is 8.01. The van der Waals surface area contributed by atoms with Crippen LogP contribution in [0.5, 0.6) is 0 Å². The normalized spacial score (nSPS) is 11.1. The van der Waals surface area contributed by atoms with Gasteiger partial charge in [0.2, 0.25) is 21.1 Å². The van der Waals surface area contributed by atoms with Crippen molar-refractivity contribution >= 4 is 55.5 Å².